The van der Waals surface area contributed by atoms with Gasteiger partial charge < -0.3 is 10.6 Å². The SMILES string of the molecule is CNCC(C)C(=O)NCC1(c2cccc(Cl)c2)CCCC1. The molecule has 1 aliphatic rings. The van der Waals surface area contributed by atoms with Gasteiger partial charge in [-0.15, -0.1) is 0 Å². The number of rotatable bonds is 6. The van der Waals surface area contributed by atoms with Crippen LogP contribution in [0.5, 0.6) is 0 Å². The zero-order valence-corrected chi connectivity index (χ0v) is 13.7. The summed E-state index contributed by atoms with van der Waals surface area (Å²) in [6, 6.07) is 8.10. The minimum Gasteiger partial charge on any atom is -0.355 e. The lowest BCUT2D eigenvalue weighted by atomic mass is 9.78. The van der Waals surface area contributed by atoms with E-state index in [-0.39, 0.29) is 17.2 Å². The Labute approximate surface area is 132 Å². The van der Waals surface area contributed by atoms with E-state index in [9.17, 15) is 4.79 Å². The van der Waals surface area contributed by atoms with Gasteiger partial charge in [-0.2, -0.15) is 0 Å². The lowest BCUT2D eigenvalue weighted by Crippen LogP contribution is -2.42. The summed E-state index contributed by atoms with van der Waals surface area (Å²) < 4.78 is 0. The van der Waals surface area contributed by atoms with Crippen molar-refractivity contribution in [3.8, 4) is 0 Å². The highest BCUT2D eigenvalue weighted by atomic mass is 35.5. The fraction of sp³-hybridized carbons (Fsp3) is 0.588. The summed E-state index contributed by atoms with van der Waals surface area (Å²) >= 11 is 6.14. The number of carbonyl (C=O) groups is 1. The molecule has 1 aromatic carbocycles. The highest BCUT2D eigenvalue weighted by molar-refractivity contribution is 6.30. The van der Waals surface area contributed by atoms with Crippen molar-refractivity contribution in [3.05, 3.63) is 34.9 Å². The molecule has 0 bridgehead atoms. The van der Waals surface area contributed by atoms with E-state index in [4.69, 9.17) is 11.6 Å². The molecule has 1 unspecified atom stereocenters. The van der Waals surface area contributed by atoms with Crippen LogP contribution in [-0.4, -0.2) is 26.0 Å². The highest BCUT2D eigenvalue weighted by Crippen LogP contribution is 2.41. The summed E-state index contributed by atoms with van der Waals surface area (Å²) in [5, 5.41) is 6.96. The van der Waals surface area contributed by atoms with E-state index >= 15 is 0 Å². The Hall–Kier alpha value is -1.06. The average Bonchev–Trinajstić information content (AvgIpc) is 2.95. The number of carbonyl (C=O) groups excluding carboxylic acids is 1. The van der Waals surface area contributed by atoms with Gasteiger partial charge in [-0.3, -0.25) is 4.79 Å². The topological polar surface area (TPSA) is 41.1 Å². The molecular formula is C17H25ClN2O. The van der Waals surface area contributed by atoms with Crippen LogP contribution >= 0.6 is 11.6 Å². The van der Waals surface area contributed by atoms with Crippen molar-refractivity contribution in [1.82, 2.24) is 10.6 Å². The van der Waals surface area contributed by atoms with Crippen molar-refractivity contribution in [1.29, 1.82) is 0 Å². The van der Waals surface area contributed by atoms with E-state index in [0.717, 1.165) is 17.9 Å². The molecule has 116 valence electrons. The van der Waals surface area contributed by atoms with Gasteiger partial charge in [-0.1, -0.05) is 43.5 Å². The van der Waals surface area contributed by atoms with Crippen molar-refractivity contribution in [3.63, 3.8) is 0 Å². The van der Waals surface area contributed by atoms with Gasteiger partial charge in [0.2, 0.25) is 5.91 Å². The molecule has 0 heterocycles. The molecule has 4 heteroatoms. The number of hydrogen-bond donors (Lipinski definition) is 2. The lowest BCUT2D eigenvalue weighted by Gasteiger charge is -2.30. The smallest absolute Gasteiger partial charge is 0.224 e. The molecule has 0 saturated heterocycles. The van der Waals surface area contributed by atoms with Gasteiger partial charge in [-0.05, 0) is 37.6 Å². The molecule has 3 nitrogen and oxygen atoms in total. The second-order valence-electron chi connectivity index (χ2n) is 6.17. The van der Waals surface area contributed by atoms with Crippen LogP contribution in [0.25, 0.3) is 0 Å². The number of benzene rings is 1. The maximum Gasteiger partial charge on any atom is 0.224 e. The molecular weight excluding hydrogens is 284 g/mol. The third-order valence-corrected chi connectivity index (χ3v) is 4.79. The van der Waals surface area contributed by atoms with E-state index in [2.05, 4.69) is 22.8 Å². The second-order valence-corrected chi connectivity index (χ2v) is 6.61. The standard InChI is InChI=1S/C17H25ClN2O/c1-13(11-19-2)16(21)20-12-17(8-3-4-9-17)14-6-5-7-15(18)10-14/h5-7,10,13,19H,3-4,8-9,11-12H2,1-2H3,(H,20,21). The second kappa shape index (κ2) is 7.28. The van der Waals surface area contributed by atoms with Gasteiger partial charge in [0.15, 0.2) is 0 Å². The summed E-state index contributed by atoms with van der Waals surface area (Å²) in [5.74, 6) is 0.116. The maximum absolute atomic E-state index is 12.2. The van der Waals surface area contributed by atoms with Crippen LogP contribution in [0.15, 0.2) is 24.3 Å². The van der Waals surface area contributed by atoms with Crippen LogP contribution in [-0.2, 0) is 10.2 Å². The Balaban J connectivity index is 2.07. The van der Waals surface area contributed by atoms with Crippen LogP contribution in [0, 0.1) is 5.92 Å². The van der Waals surface area contributed by atoms with E-state index in [1.807, 2.05) is 26.1 Å². The Morgan fingerprint density at radius 3 is 2.71 bits per heavy atom. The molecule has 0 spiro atoms. The molecule has 1 aliphatic carbocycles. The Bertz CT molecular complexity index is 483. The molecule has 1 fully saturated rings. The first-order chi connectivity index (χ1) is 10.1. The molecule has 1 saturated carbocycles. The van der Waals surface area contributed by atoms with Crippen LogP contribution in [0.4, 0.5) is 0 Å². The first-order valence-corrected chi connectivity index (χ1v) is 8.13. The minimum absolute atomic E-state index is 0.00665. The first-order valence-electron chi connectivity index (χ1n) is 7.76. The normalized spacial score (nSPS) is 18.4. The monoisotopic (exact) mass is 308 g/mol. The minimum atomic E-state index is -0.00665. The van der Waals surface area contributed by atoms with E-state index in [1.54, 1.807) is 0 Å². The van der Waals surface area contributed by atoms with E-state index in [1.165, 1.54) is 18.4 Å². The Morgan fingerprint density at radius 2 is 2.10 bits per heavy atom. The van der Waals surface area contributed by atoms with Crippen molar-refractivity contribution in [2.75, 3.05) is 20.1 Å². The summed E-state index contributed by atoms with van der Waals surface area (Å²) in [6.07, 6.45) is 4.67. The number of hydrogen-bond acceptors (Lipinski definition) is 2. The quantitative estimate of drug-likeness (QED) is 0.848. The molecule has 1 atom stereocenters. The van der Waals surface area contributed by atoms with Gasteiger partial charge in [-0.25, -0.2) is 0 Å². The number of amides is 1. The molecule has 0 radical (unpaired) electrons. The van der Waals surface area contributed by atoms with Gasteiger partial charge in [0.1, 0.15) is 0 Å². The fourth-order valence-electron chi connectivity index (χ4n) is 3.27. The molecule has 1 aromatic rings. The lowest BCUT2D eigenvalue weighted by molar-refractivity contribution is -0.124. The Kier molecular flexibility index (Phi) is 5.65. The van der Waals surface area contributed by atoms with E-state index < -0.39 is 0 Å². The average molecular weight is 309 g/mol. The number of nitrogens with one attached hydrogen (secondary N) is 2. The van der Waals surface area contributed by atoms with Crippen LogP contribution in [0.2, 0.25) is 5.02 Å². The van der Waals surface area contributed by atoms with Gasteiger partial charge in [0.05, 0.1) is 0 Å². The van der Waals surface area contributed by atoms with Crippen LogP contribution < -0.4 is 10.6 Å². The van der Waals surface area contributed by atoms with Crippen molar-refractivity contribution in [2.24, 2.45) is 5.92 Å². The van der Waals surface area contributed by atoms with Gasteiger partial charge in [0.25, 0.3) is 0 Å². The maximum atomic E-state index is 12.2. The summed E-state index contributed by atoms with van der Waals surface area (Å²) in [7, 11) is 1.87. The third kappa shape index (κ3) is 3.98. The molecule has 1 amide bonds. The molecule has 0 aliphatic heterocycles. The summed E-state index contributed by atoms with van der Waals surface area (Å²) in [6.45, 7) is 3.36. The van der Waals surface area contributed by atoms with Crippen molar-refractivity contribution < 1.29 is 4.79 Å². The zero-order valence-electron chi connectivity index (χ0n) is 12.9. The number of halogens is 1. The zero-order chi connectivity index (χ0) is 15.3. The van der Waals surface area contributed by atoms with Gasteiger partial charge >= 0.3 is 0 Å². The Morgan fingerprint density at radius 1 is 1.38 bits per heavy atom. The predicted molar refractivity (Wildman–Crippen MR) is 87.7 cm³/mol. The van der Waals surface area contributed by atoms with Crippen LogP contribution in [0.3, 0.4) is 0 Å². The predicted octanol–water partition coefficient (Wildman–Crippen LogP) is 3.12. The molecule has 21 heavy (non-hydrogen) atoms. The van der Waals surface area contributed by atoms with Crippen LogP contribution in [0.1, 0.15) is 38.2 Å². The van der Waals surface area contributed by atoms with Crippen molar-refractivity contribution >= 4 is 17.5 Å². The van der Waals surface area contributed by atoms with Crippen molar-refractivity contribution in [2.45, 2.75) is 38.0 Å². The largest absolute Gasteiger partial charge is 0.355 e. The molecule has 2 rings (SSSR count). The third-order valence-electron chi connectivity index (χ3n) is 4.56. The van der Waals surface area contributed by atoms with Gasteiger partial charge in [0, 0.05) is 29.4 Å². The highest BCUT2D eigenvalue weighted by Gasteiger charge is 2.36. The van der Waals surface area contributed by atoms with E-state index in [0.29, 0.717) is 13.1 Å². The molecule has 0 aromatic heterocycles. The first kappa shape index (κ1) is 16.3. The fourth-order valence-corrected chi connectivity index (χ4v) is 3.46. The molecule has 2 N–H and O–H groups in total. The summed E-state index contributed by atoms with van der Waals surface area (Å²) in [5.41, 5.74) is 1.31. The summed E-state index contributed by atoms with van der Waals surface area (Å²) in [4.78, 5) is 12.2.